The minimum atomic E-state index is -0.201. The van der Waals surface area contributed by atoms with Crippen LogP contribution in [0.4, 0.5) is 4.39 Å². The van der Waals surface area contributed by atoms with E-state index in [1.165, 1.54) is 25.3 Å². The molecule has 1 aliphatic rings. The van der Waals surface area contributed by atoms with Crippen molar-refractivity contribution in [2.75, 3.05) is 13.7 Å². The van der Waals surface area contributed by atoms with E-state index in [1.54, 1.807) is 13.2 Å². The number of methoxy groups -OCH3 is 1. The van der Waals surface area contributed by atoms with Crippen molar-refractivity contribution in [3.63, 3.8) is 0 Å². The Morgan fingerprint density at radius 1 is 1.44 bits per heavy atom. The molecule has 1 N–H and O–H groups in total. The van der Waals surface area contributed by atoms with Crippen LogP contribution in [-0.2, 0) is 0 Å². The van der Waals surface area contributed by atoms with Crippen molar-refractivity contribution in [3.05, 3.63) is 29.6 Å². The van der Waals surface area contributed by atoms with Crippen LogP contribution in [0.2, 0.25) is 0 Å². The van der Waals surface area contributed by atoms with Crippen LogP contribution in [-0.4, -0.2) is 13.7 Å². The first-order valence-corrected chi connectivity index (χ1v) is 6.61. The zero-order valence-electron chi connectivity index (χ0n) is 11.4. The predicted molar refractivity (Wildman–Crippen MR) is 71.3 cm³/mol. The third-order valence-electron chi connectivity index (χ3n) is 4.06. The van der Waals surface area contributed by atoms with Crippen molar-refractivity contribution in [2.45, 2.75) is 39.2 Å². The van der Waals surface area contributed by atoms with E-state index in [2.05, 4.69) is 12.2 Å². The van der Waals surface area contributed by atoms with E-state index < -0.39 is 0 Å². The molecule has 1 aromatic carbocycles. The van der Waals surface area contributed by atoms with E-state index in [9.17, 15) is 4.39 Å². The molecule has 1 aliphatic carbocycles. The predicted octanol–water partition coefficient (Wildman–Crippen LogP) is 3.68. The lowest BCUT2D eigenvalue weighted by Crippen LogP contribution is -2.38. The van der Waals surface area contributed by atoms with Crippen LogP contribution in [0, 0.1) is 11.2 Å². The Morgan fingerprint density at radius 3 is 2.72 bits per heavy atom. The van der Waals surface area contributed by atoms with Gasteiger partial charge in [0, 0.05) is 18.2 Å². The minimum Gasteiger partial charge on any atom is -0.496 e. The summed E-state index contributed by atoms with van der Waals surface area (Å²) < 4.78 is 19.1. The average Bonchev–Trinajstić information content (AvgIpc) is 2.33. The summed E-state index contributed by atoms with van der Waals surface area (Å²) in [6.07, 6.45) is 3.85. The molecule has 3 heteroatoms. The lowest BCUT2D eigenvalue weighted by Gasteiger charge is -2.39. The van der Waals surface area contributed by atoms with E-state index in [4.69, 9.17) is 4.74 Å². The summed E-state index contributed by atoms with van der Waals surface area (Å²) in [4.78, 5) is 0. The van der Waals surface area contributed by atoms with Crippen molar-refractivity contribution < 1.29 is 9.13 Å². The van der Waals surface area contributed by atoms with Crippen LogP contribution in [0.3, 0.4) is 0 Å². The molecule has 0 bridgehead atoms. The highest BCUT2D eigenvalue weighted by Gasteiger charge is 2.32. The number of ether oxygens (including phenoxy) is 1. The zero-order valence-corrected chi connectivity index (χ0v) is 11.4. The Bertz CT molecular complexity index is 415. The number of nitrogens with one attached hydrogen (secondary N) is 1. The van der Waals surface area contributed by atoms with Gasteiger partial charge in [0.05, 0.1) is 7.11 Å². The highest BCUT2D eigenvalue weighted by molar-refractivity contribution is 5.36. The van der Waals surface area contributed by atoms with Gasteiger partial charge in [-0.25, -0.2) is 4.39 Å². The van der Waals surface area contributed by atoms with E-state index in [0.29, 0.717) is 16.7 Å². The summed E-state index contributed by atoms with van der Waals surface area (Å²) in [6, 6.07) is 4.94. The number of hydrogen-bond donors (Lipinski definition) is 1. The Kier molecular flexibility index (Phi) is 3.91. The first kappa shape index (κ1) is 13.3. The third-order valence-corrected chi connectivity index (χ3v) is 4.06. The summed E-state index contributed by atoms with van der Waals surface area (Å²) in [7, 11) is 1.58. The molecule has 1 saturated carbocycles. The van der Waals surface area contributed by atoms with Gasteiger partial charge in [-0.05, 0) is 37.3 Å². The number of hydrogen-bond acceptors (Lipinski definition) is 2. The highest BCUT2D eigenvalue weighted by Crippen LogP contribution is 2.40. The molecular weight excluding hydrogens is 229 g/mol. The van der Waals surface area contributed by atoms with Gasteiger partial charge in [-0.2, -0.15) is 0 Å². The monoisotopic (exact) mass is 251 g/mol. The van der Waals surface area contributed by atoms with Gasteiger partial charge in [0.15, 0.2) is 0 Å². The second-order valence-electron chi connectivity index (χ2n) is 5.62. The second kappa shape index (κ2) is 5.27. The molecule has 18 heavy (non-hydrogen) atoms. The van der Waals surface area contributed by atoms with Crippen molar-refractivity contribution in [3.8, 4) is 5.75 Å². The van der Waals surface area contributed by atoms with Gasteiger partial charge in [-0.15, -0.1) is 0 Å². The standard InChI is InChI=1S/C15H22FNO/c1-11(17-10-15(2)8-5-9-15)14-12(16)6-4-7-13(14)18-3/h4,6-7,11,17H,5,8-10H2,1-3H3. The summed E-state index contributed by atoms with van der Waals surface area (Å²) >= 11 is 0. The molecular formula is C15H22FNO. The van der Waals surface area contributed by atoms with Crippen molar-refractivity contribution in [1.29, 1.82) is 0 Å². The third kappa shape index (κ3) is 2.66. The van der Waals surface area contributed by atoms with Gasteiger partial charge in [-0.1, -0.05) is 19.4 Å². The molecule has 0 radical (unpaired) electrons. The average molecular weight is 251 g/mol. The summed E-state index contributed by atoms with van der Waals surface area (Å²) in [5.41, 5.74) is 1.02. The Balaban J connectivity index is 2.06. The van der Waals surface area contributed by atoms with Gasteiger partial charge in [0.25, 0.3) is 0 Å². The second-order valence-corrected chi connectivity index (χ2v) is 5.62. The van der Waals surface area contributed by atoms with E-state index >= 15 is 0 Å². The molecule has 0 aliphatic heterocycles. The normalized spacial score (nSPS) is 19.1. The lowest BCUT2D eigenvalue weighted by molar-refractivity contribution is 0.151. The van der Waals surface area contributed by atoms with E-state index in [1.807, 2.05) is 13.0 Å². The molecule has 0 heterocycles. The molecule has 1 aromatic rings. The Labute approximate surface area is 109 Å². The summed E-state index contributed by atoms with van der Waals surface area (Å²) in [5.74, 6) is 0.418. The van der Waals surface area contributed by atoms with Gasteiger partial charge < -0.3 is 10.1 Å². The molecule has 1 atom stereocenters. The fraction of sp³-hybridized carbons (Fsp3) is 0.600. The minimum absolute atomic E-state index is 0.0291. The smallest absolute Gasteiger partial charge is 0.131 e. The zero-order chi connectivity index (χ0) is 13.2. The van der Waals surface area contributed by atoms with Crippen LogP contribution in [0.25, 0.3) is 0 Å². The van der Waals surface area contributed by atoms with Gasteiger partial charge in [-0.3, -0.25) is 0 Å². The Morgan fingerprint density at radius 2 is 2.17 bits per heavy atom. The Hall–Kier alpha value is -1.09. The van der Waals surface area contributed by atoms with Crippen LogP contribution >= 0.6 is 0 Å². The van der Waals surface area contributed by atoms with Crippen molar-refractivity contribution >= 4 is 0 Å². The SMILES string of the molecule is COc1cccc(F)c1C(C)NCC1(C)CCC1. The molecule has 1 unspecified atom stereocenters. The fourth-order valence-corrected chi connectivity index (χ4v) is 2.57. The topological polar surface area (TPSA) is 21.3 Å². The molecule has 2 nitrogen and oxygen atoms in total. The largest absolute Gasteiger partial charge is 0.496 e. The molecule has 0 amide bonds. The quantitative estimate of drug-likeness (QED) is 0.862. The molecule has 0 spiro atoms. The van der Waals surface area contributed by atoms with E-state index in [-0.39, 0.29) is 11.9 Å². The molecule has 0 aromatic heterocycles. The van der Waals surface area contributed by atoms with Crippen molar-refractivity contribution in [1.82, 2.24) is 5.32 Å². The molecule has 100 valence electrons. The van der Waals surface area contributed by atoms with Crippen LogP contribution in [0.15, 0.2) is 18.2 Å². The maximum atomic E-state index is 13.9. The summed E-state index contributed by atoms with van der Waals surface area (Å²) in [5, 5.41) is 3.44. The highest BCUT2D eigenvalue weighted by atomic mass is 19.1. The maximum Gasteiger partial charge on any atom is 0.131 e. The maximum absolute atomic E-state index is 13.9. The molecule has 2 rings (SSSR count). The van der Waals surface area contributed by atoms with Crippen LogP contribution in [0.5, 0.6) is 5.75 Å². The lowest BCUT2D eigenvalue weighted by atomic mass is 9.70. The molecule has 0 saturated heterocycles. The summed E-state index contributed by atoms with van der Waals surface area (Å²) in [6.45, 7) is 5.21. The van der Waals surface area contributed by atoms with Crippen LogP contribution < -0.4 is 10.1 Å². The first-order valence-electron chi connectivity index (χ1n) is 6.61. The van der Waals surface area contributed by atoms with Crippen molar-refractivity contribution in [2.24, 2.45) is 5.41 Å². The molecule has 1 fully saturated rings. The number of halogens is 1. The van der Waals surface area contributed by atoms with Gasteiger partial charge in [0.1, 0.15) is 11.6 Å². The van der Waals surface area contributed by atoms with Crippen LogP contribution in [0.1, 0.15) is 44.7 Å². The van der Waals surface area contributed by atoms with Gasteiger partial charge in [0.2, 0.25) is 0 Å². The first-order chi connectivity index (χ1) is 8.56. The van der Waals surface area contributed by atoms with E-state index in [0.717, 1.165) is 6.54 Å². The van der Waals surface area contributed by atoms with Gasteiger partial charge >= 0.3 is 0 Å². The number of benzene rings is 1. The number of rotatable bonds is 5. The fourth-order valence-electron chi connectivity index (χ4n) is 2.57.